The molecule has 0 fully saturated rings. The average molecular weight is 289 g/mol. The molecule has 6 nitrogen and oxygen atoms in total. The summed E-state index contributed by atoms with van der Waals surface area (Å²) in [5.41, 5.74) is 2.32. The molecule has 0 aliphatic heterocycles. The van der Waals surface area contributed by atoms with Crippen LogP contribution in [0.3, 0.4) is 0 Å². The van der Waals surface area contributed by atoms with Crippen LogP contribution in [0.4, 0.5) is 0 Å². The minimum atomic E-state index is -0.355. The highest BCUT2D eigenvalue weighted by molar-refractivity contribution is 5.90. The van der Waals surface area contributed by atoms with E-state index in [0.717, 1.165) is 11.3 Å². The first-order chi connectivity index (χ1) is 10.1. The fourth-order valence-corrected chi connectivity index (χ4v) is 1.99. The van der Waals surface area contributed by atoms with Crippen LogP contribution in [-0.2, 0) is 24.9 Å². The van der Waals surface area contributed by atoms with Gasteiger partial charge in [-0.15, -0.1) is 0 Å². The zero-order valence-corrected chi connectivity index (χ0v) is 12.2. The molecule has 0 unspecified atom stereocenters. The SMILES string of the molecule is CCOC(=O)c1cnn(C)c1CNCc1ccc(O)cc1. The third-order valence-corrected chi connectivity index (χ3v) is 3.11. The number of carbonyl (C=O) groups is 1. The number of aromatic nitrogens is 2. The molecule has 0 spiro atoms. The predicted octanol–water partition coefficient (Wildman–Crippen LogP) is 1.59. The number of aromatic hydroxyl groups is 1. The highest BCUT2D eigenvalue weighted by Gasteiger charge is 2.16. The largest absolute Gasteiger partial charge is 0.508 e. The number of aryl methyl sites for hydroxylation is 1. The summed E-state index contributed by atoms with van der Waals surface area (Å²) in [6.45, 7) is 3.25. The Kier molecular flexibility index (Phi) is 4.94. The summed E-state index contributed by atoms with van der Waals surface area (Å²) in [5.74, 6) is -0.109. The molecular formula is C15H19N3O3. The maximum atomic E-state index is 11.8. The first-order valence-electron chi connectivity index (χ1n) is 6.78. The van der Waals surface area contributed by atoms with Crippen LogP contribution in [0, 0.1) is 0 Å². The Morgan fingerprint density at radius 2 is 2.05 bits per heavy atom. The van der Waals surface area contributed by atoms with Crippen molar-refractivity contribution in [1.82, 2.24) is 15.1 Å². The van der Waals surface area contributed by atoms with Crippen LogP contribution in [0.25, 0.3) is 0 Å². The number of phenols is 1. The Morgan fingerprint density at radius 3 is 2.71 bits per heavy atom. The molecule has 0 bridgehead atoms. The Hall–Kier alpha value is -2.34. The average Bonchev–Trinajstić information content (AvgIpc) is 2.83. The number of ether oxygens (including phenoxy) is 1. The molecule has 0 radical (unpaired) electrons. The van der Waals surface area contributed by atoms with Gasteiger partial charge in [-0.3, -0.25) is 4.68 Å². The van der Waals surface area contributed by atoms with Gasteiger partial charge in [0.15, 0.2) is 0 Å². The number of rotatable bonds is 6. The van der Waals surface area contributed by atoms with Crippen molar-refractivity contribution in [2.75, 3.05) is 6.61 Å². The lowest BCUT2D eigenvalue weighted by Crippen LogP contribution is -2.18. The Bertz CT molecular complexity index is 605. The van der Waals surface area contributed by atoms with E-state index < -0.39 is 0 Å². The van der Waals surface area contributed by atoms with Crippen molar-refractivity contribution in [2.45, 2.75) is 20.0 Å². The molecule has 112 valence electrons. The number of esters is 1. The number of phenolic OH excluding ortho intramolecular Hbond substituents is 1. The van der Waals surface area contributed by atoms with E-state index in [0.29, 0.717) is 25.3 Å². The van der Waals surface area contributed by atoms with Crippen molar-refractivity contribution in [1.29, 1.82) is 0 Å². The van der Waals surface area contributed by atoms with Gasteiger partial charge in [0.05, 0.1) is 18.5 Å². The Labute approximate surface area is 123 Å². The molecule has 0 aliphatic carbocycles. The summed E-state index contributed by atoms with van der Waals surface area (Å²) < 4.78 is 6.67. The first-order valence-corrected chi connectivity index (χ1v) is 6.78. The van der Waals surface area contributed by atoms with E-state index in [9.17, 15) is 9.90 Å². The molecule has 1 heterocycles. The van der Waals surface area contributed by atoms with Gasteiger partial charge in [0.1, 0.15) is 11.3 Å². The van der Waals surface area contributed by atoms with Crippen LogP contribution in [0.5, 0.6) is 5.75 Å². The molecule has 0 amide bonds. The number of hydrogen-bond donors (Lipinski definition) is 2. The maximum Gasteiger partial charge on any atom is 0.341 e. The van der Waals surface area contributed by atoms with Crippen LogP contribution >= 0.6 is 0 Å². The van der Waals surface area contributed by atoms with Crippen molar-refractivity contribution in [3.8, 4) is 5.75 Å². The summed E-state index contributed by atoms with van der Waals surface area (Å²) in [4.78, 5) is 11.8. The quantitative estimate of drug-likeness (QED) is 0.790. The highest BCUT2D eigenvalue weighted by atomic mass is 16.5. The van der Waals surface area contributed by atoms with Gasteiger partial charge < -0.3 is 15.2 Å². The van der Waals surface area contributed by atoms with Crippen molar-refractivity contribution in [2.24, 2.45) is 7.05 Å². The second kappa shape index (κ2) is 6.90. The van der Waals surface area contributed by atoms with E-state index in [4.69, 9.17) is 4.74 Å². The molecule has 21 heavy (non-hydrogen) atoms. The molecule has 0 saturated heterocycles. The lowest BCUT2D eigenvalue weighted by atomic mass is 10.2. The lowest BCUT2D eigenvalue weighted by molar-refractivity contribution is 0.0524. The number of nitrogens with zero attached hydrogens (tertiary/aromatic N) is 2. The Balaban J connectivity index is 1.98. The van der Waals surface area contributed by atoms with Gasteiger partial charge in [-0.25, -0.2) is 4.79 Å². The molecule has 1 aromatic carbocycles. The summed E-state index contributed by atoms with van der Waals surface area (Å²) >= 11 is 0. The third-order valence-electron chi connectivity index (χ3n) is 3.11. The van der Waals surface area contributed by atoms with E-state index in [1.165, 1.54) is 6.20 Å². The van der Waals surface area contributed by atoms with Gasteiger partial charge in [0, 0.05) is 20.1 Å². The monoisotopic (exact) mass is 289 g/mol. The number of carbonyl (C=O) groups excluding carboxylic acids is 1. The van der Waals surface area contributed by atoms with Crippen molar-refractivity contribution >= 4 is 5.97 Å². The van der Waals surface area contributed by atoms with Crippen LogP contribution < -0.4 is 5.32 Å². The molecule has 2 aromatic rings. The summed E-state index contributed by atoms with van der Waals surface area (Å²) in [6, 6.07) is 6.98. The van der Waals surface area contributed by atoms with E-state index in [2.05, 4.69) is 10.4 Å². The zero-order valence-electron chi connectivity index (χ0n) is 12.2. The second-order valence-corrected chi connectivity index (χ2v) is 4.62. The van der Waals surface area contributed by atoms with Crippen molar-refractivity contribution in [3.63, 3.8) is 0 Å². The van der Waals surface area contributed by atoms with Crippen molar-refractivity contribution < 1.29 is 14.6 Å². The van der Waals surface area contributed by atoms with E-state index in [-0.39, 0.29) is 11.7 Å². The maximum absolute atomic E-state index is 11.8. The molecule has 0 atom stereocenters. The smallest absolute Gasteiger partial charge is 0.341 e. The second-order valence-electron chi connectivity index (χ2n) is 4.62. The lowest BCUT2D eigenvalue weighted by Gasteiger charge is -2.08. The zero-order chi connectivity index (χ0) is 15.2. The summed E-state index contributed by atoms with van der Waals surface area (Å²) in [6.07, 6.45) is 1.52. The normalized spacial score (nSPS) is 10.6. The number of benzene rings is 1. The molecule has 1 aromatic heterocycles. The summed E-state index contributed by atoms with van der Waals surface area (Å²) in [7, 11) is 1.79. The van der Waals surface area contributed by atoms with Gasteiger partial charge in [0.2, 0.25) is 0 Å². The van der Waals surface area contributed by atoms with E-state index >= 15 is 0 Å². The highest BCUT2D eigenvalue weighted by Crippen LogP contribution is 2.11. The first kappa shape index (κ1) is 15.1. The standard InChI is InChI=1S/C15H19N3O3/c1-3-21-15(20)13-9-17-18(2)14(13)10-16-8-11-4-6-12(19)7-5-11/h4-7,9,16,19H,3,8,10H2,1-2H3. The molecule has 0 saturated carbocycles. The van der Waals surface area contributed by atoms with Crippen LogP contribution in [0.15, 0.2) is 30.5 Å². The van der Waals surface area contributed by atoms with Crippen molar-refractivity contribution in [3.05, 3.63) is 47.3 Å². The number of hydrogen-bond acceptors (Lipinski definition) is 5. The van der Waals surface area contributed by atoms with Gasteiger partial charge in [-0.1, -0.05) is 12.1 Å². The topological polar surface area (TPSA) is 76.4 Å². The van der Waals surface area contributed by atoms with Gasteiger partial charge >= 0.3 is 5.97 Å². The van der Waals surface area contributed by atoms with Gasteiger partial charge in [-0.2, -0.15) is 5.10 Å². The van der Waals surface area contributed by atoms with Gasteiger partial charge in [0.25, 0.3) is 0 Å². The van der Waals surface area contributed by atoms with Crippen LogP contribution in [0.2, 0.25) is 0 Å². The molecule has 2 N–H and O–H groups in total. The van der Waals surface area contributed by atoms with E-state index in [1.807, 2.05) is 12.1 Å². The molecule has 6 heteroatoms. The molecule has 2 rings (SSSR count). The number of nitrogens with one attached hydrogen (secondary N) is 1. The summed E-state index contributed by atoms with van der Waals surface area (Å²) in [5, 5.41) is 16.6. The fourth-order valence-electron chi connectivity index (χ4n) is 1.99. The van der Waals surface area contributed by atoms with E-state index in [1.54, 1.807) is 30.8 Å². The van der Waals surface area contributed by atoms with Crippen LogP contribution in [-0.4, -0.2) is 27.5 Å². The Morgan fingerprint density at radius 1 is 1.33 bits per heavy atom. The fraction of sp³-hybridized carbons (Fsp3) is 0.333. The predicted molar refractivity (Wildman–Crippen MR) is 77.8 cm³/mol. The molecular weight excluding hydrogens is 270 g/mol. The third kappa shape index (κ3) is 3.82. The van der Waals surface area contributed by atoms with Gasteiger partial charge in [-0.05, 0) is 24.6 Å². The minimum absolute atomic E-state index is 0.245. The molecule has 0 aliphatic rings. The van der Waals surface area contributed by atoms with Crippen LogP contribution in [0.1, 0.15) is 28.5 Å². The minimum Gasteiger partial charge on any atom is -0.508 e.